The number of nitrogens with one attached hydrogen (secondary N) is 1. The lowest BCUT2D eigenvalue weighted by molar-refractivity contribution is -0.122. The third-order valence-electron chi connectivity index (χ3n) is 3.97. The van der Waals surface area contributed by atoms with Gasteiger partial charge in [-0.1, -0.05) is 12.8 Å². The fraction of sp³-hybridized carbons (Fsp3) is 0.533. The van der Waals surface area contributed by atoms with Crippen molar-refractivity contribution in [3.05, 3.63) is 22.7 Å². The van der Waals surface area contributed by atoms with Crippen LogP contribution in [0.1, 0.15) is 25.7 Å². The number of carbonyl (C=O) groups excluding carboxylic acids is 1. The predicted octanol–water partition coefficient (Wildman–Crippen LogP) is 3.16. The van der Waals surface area contributed by atoms with Gasteiger partial charge in [0.2, 0.25) is 5.91 Å². The van der Waals surface area contributed by atoms with Gasteiger partial charge in [0, 0.05) is 11.6 Å². The number of amides is 1. The highest BCUT2D eigenvalue weighted by Gasteiger charge is 2.29. The highest BCUT2D eigenvalue weighted by molar-refractivity contribution is 9.10. The number of benzene rings is 1. The molecule has 0 bridgehead atoms. The summed E-state index contributed by atoms with van der Waals surface area (Å²) in [6.07, 6.45) is 4.28. The lowest BCUT2D eigenvalue weighted by Gasteiger charge is -2.29. The Morgan fingerprint density at radius 1 is 1.45 bits per heavy atom. The van der Waals surface area contributed by atoms with E-state index in [0.717, 1.165) is 35.2 Å². The molecule has 1 saturated carbocycles. The molecule has 2 unspecified atom stereocenters. The summed E-state index contributed by atoms with van der Waals surface area (Å²) in [5.74, 6) is 1.18. The van der Waals surface area contributed by atoms with E-state index in [2.05, 4.69) is 21.2 Å². The fourth-order valence-corrected chi connectivity index (χ4v) is 3.35. The van der Waals surface area contributed by atoms with Gasteiger partial charge in [0.25, 0.3) is 0 Å². The maximum Gasteiger partial charge on any atom is 0.227 e. The van der Waals surface area contributed by atoms with Crippen molar-refractivity contribution in [2.24, 2.45) is 17.6 Å². The molecule has 1 aromatic rings. The molecule has 0 heterocycles. The summed E-state index contributed by atoms with van der Waals surface area (Å²) in [7, 11) is 1.62. The van der Waals surface area contributed by atoms with Crippen molar-refractivity contribution in [2.75, 3.05) is 19.0 Å². The number of nitrogens with two attached hydrogens (primary N) is 1. The van der Waals surface area contributed by atoms with Gasteiger partial charge >= 0.3 is 0 Å². The molecule has 2 atom stereocenters. The molecular weight excluding hydrogens is 320 g/mol. The minimum Gasteiger partial charge on any atom is -0.496 e. The smallest absolute Gasteiger partial charge is 0.227 e. The number of anilines is 1. The van der Waals surface area contributed by atoms with Crippen LogP contribution in [0.3, 0.4) is 0 Å². The zero-order chi connectivity index (χ0) is 14.5. The quantitative estimate of drug-likeness (QED) is 0.884. The molecule has 20 heavy (non-hydrogen) atoms. The molecule has 4 nitrogen and oxygen atoms in total. The van der Waals surface area contributed by atoms with Gasteiger partial charge in [0.15, 0.2) is 0 Å². The Labute approximate surface area is 128 Å². The summed E-state index contributed by atoms with van der Waals surface area (Å²) in [5.41, 5.74) is 6.56. The van der Waals surface area contributed by atoms with E-state index in [4.69, 9.17) is 10.5 Å². The normalized spacial score (nSPS) is 22.4. The number of ether oxygens (including phenoxy) is 1. The van der Waals surface area contributed by atoms with Crippen molar-refractivity contribution in [1.82, 2.24) is 0 Å². The third kappa shape index (κ3) is 3.52. The molecule has 0 saturated heterocycles. The summed E-state index contributed by atoms with van der Waals surface area (Å²) >= 11 is 3.42. The Kier molecular flexibility index (Phi) is 5.43. The zero-order valence-electron chi connectivity index (χ0n) is 11.7. The molecule has 0 aromatic heterocycles. The minimum absolute atomic E-state index is 0.0367. The van der Waals surface area contributed by atoms with Gasteiger partial charge in [-0.15, -0.1) is 0 Å². The second-order valence-electron chi connectivity index (χ2n) is 5.23. The van der Waals surface area contributed by atoms with Crippen LogP contribution in [0.4, 0.5) is 5.69 Å². The van der Waals surface area contributed by atoms with Crippen molar-refractivity contribution >= 4 is 27.5 Å². The van der Waals surface area contributed by atoms with Crippen molar-refractivity contribution in [3.8, 4) is 5.75 Å². The molecule has 0 spiro atoms. The Hall–Kier alpha value is -1.07. The van der Waals surface area contributed by atoms with Gasteiger partial charge in [0.1, 0.15) is 5.75 Å². The van der Waals surface area contributed by atoms with E-state index >= 15 is 0 Å². The lowest BCUT2D eigenvalue weighted by Crippen LogP contribution is -2.35. The number of hydrogen-bond donors (Lipinski definition) is 2. The first-order valence-corrected chi connectivity index (χ1v) is 7.79. The first-order chi connectivity index (χ1) is 9.65. The average Bonchev–Trinajstić information content (AvgIpc) is 2.47. The fourth-order valence-electron chi connectivity index (χ4n) is 2.81. The molecule has 5 heteroatoms. The summed E-state index contributed by atoms with van der Waals surface area (Å²) in [6.45, 7) is 0.588. The maximum absolute atomic E-state index is 12.4. The Bertz CT molecular complexity index is 479. The monoisotopic (exact) mass is 340 g/mol. The second kappa shape index (κ2) is 7.09. The SMILES string of the molecule is COc1ccc(NC(=O)C2CCCCC2CN)cc1Br. The third-order valence-corrected chi connectivity index (χ3v) is 4.59. The van der Waals surface area contributed by atoms with Crippen molar-refractivity contribution in [3.63, 3.8) is 0 Å². The summed E-state index contributed by atoms with van der Waals surface area (Å²) < 4.78 is 6.01. The van der Waals surface area contributed by atoms with E-state index in [-0.39, 0.29) is 11.8 Å². The second-order valence-corrected chi connectivity index (χ2v) is 6.08. The standard InChI is InChI=1S/C15H21BrN2O2/c1-20-14-7-6-11(8-13(14)16)18-15(19)12-5-3-2-4-10(12)9-17/h6-8,10,12H,2-5,9,17H2,1H3,(H,18,19). The molecule has 2 rings (SSSR count). The van der Waals surface area contributed by atoms with Crippen LogP contribution in [0.5, 0.6) is 5.75 Å². The van der Waals surface area contributed by atoms with Crippen LogP contribution < -0.4 is 15.8 Å². The van der Waals surface area contributed by atoms with Crippen molar-refractivity contribution in [1.29, 1.82) is 0 Å². The van der Waals surface area contributed by atoms with Crippen molar-refractivity contribution in [2.45, 2.75) is 25.7 Å². The van der Waals surface area contributed by atoms with E-state index in [1.165, 1.54) is 6.42 Å². The van der Waals surface area contributed by atoms with E-state index < -0.39 is 0 Å². The molecule has 1 aromatic carbocycles. The molecule has 1 fully saturated rings. The molecule has 1 aliphatic carbocycles. The predicted molar refractivity (Wildman–Crippen MR) is 83.8 cm³/mol. The summed E-state index contributed by atoms with van der Waals surface area (Å²) in [4.78, 5) is 12.4. The van der Waals surface area contributed by atoms with E-state index in [1.54, 1.807) is 7.11 Å². The minimum atomic E-state index is 0.0367. The van der Waals surface area contributed by atoms with Crippen molar-refractivity contribution < 1.29 is 9.53 Å². The molecular formula is C15H21BrN2O2. The lowest BCUT2D eigenvalue weighted by atomic mass is 9.78. The number of methoxy groups -OCH3 is 1. The first kappa shape index (κ1) is 15.3. The highest BCUT2D eigenvalue weighted by atomic mass is 79.9. The Balaban J connectivity index is 2.05. The molecule has 110 valence electrons. The van der Waals surface area contributed by atoms with Crippen LogP contribution in [0, 0.1) is 11.8 Å². The van der Waals surface area contributed by atoms with E-state index in [1.807, 2.05) is 18.2 Å². The van der Waals surface area contributed by atoms with Gasteiger partial charge in [-0.25, -0.2) is 0 Å². The molecule has 1 amide bonds. The highest BCUT2D eigenvalue weighted by Crippen LogP contribution is 2.32. The number of carbonyl (C=O) groups is 1. The number of rotatable bonds is 4. The van der Waals surface area contributed by atoms with Gasteiger partial charge in [-0.05, 0) is 59.4 Å². The maximum atomic E-state index is 12.4. The molecule has 1 aliphatic rings. The van der Waals surface area contributed by atoms with Gasteiger partial charge in [-0.2, -0.15) is 0 Å². The number of hydrogen-bond acceptors (Lipinski definition) is 3. The van der Waals surface area contributed by atoms with Crippen LogP contribution in [0.25, 0.3) is 0 Å². The number of halogens is 1. The van der Waals surface area contributed by atoms with Crippen LogP contribution in [0.15, 0.2) is 22.7 Å². The van der Waals surface area contributed by atoms with E-state index in [0.29, 0.717) is 12.5 Å². The van der Waals surface area contributed by atoms with Crippen LogP contribution in [-0.4, -0.2) is 19.6 Å². The Morgan fingerprint density at radius 2 is 2.20 bits per heavy atom. The first-order valence-electron chi connectivity index (χ1n) is 7.00. The van der Waals surface area contributed by atoms with Crippen LogP contribution in [0.2, 0.25) is 0 Å². The molecule has 3 N–H and O–H groups in total. The van der Waals surface area contributed by atoms with Gasteiger partial charge < -0.3 is 15.8 Å². The Morgan fingerprint density at radius 3 is 2.85 bits per heavy atom. The molecule has 0 radical (unpaired) electrons. The van der Waals surface area contributed by atoms with E-state index in [9.17, 15) is 4.79 Å². The van der Waals surface area contributed by atoms with Crippen LogP contribution >= 0.6 is 15.9 Å². The van der Waals surface area contributed by atoms with Crippen LogP contribution in [-0.2, 0) is 4.79 Å². The summed E-state index contributed by atoms with van der Waals surface area (Å²) in [5, 5.41) is 2.99. The topological polar surface area (TPSA) is 64.3 Å². The molecule has 0 aliphatic heterocycles. The largest absolute Gasteiger partial charge is 0.496 e. The zero-order valence-corrected chi connectivity index (χ0v) is 13.3. The summed E-state index contributed by atoms with van der Waals surface area (Å²) in [6, 6.07) is 5.54. The average molecular weight is 341 g/mol. The van der Waals surface area contributed by atoms with Gasteiger partial charge in [-0.3, -0.25) is 4.79 Å². The van der Waals surface area contributed by atoms with Gasteiger partial charge in [0.05, 0.1) is 11.6 Å².